The van der Waals surface area contributed by atoms with Crippen molar-refractivity contribution in [1.29, 1.82) is 0 Å². The molecule has 6 rings (SSSR count). The highest BCUT2D eigenvalue weighted by Gasteiger charge is 2.31. The van der Waals surface area contributed by atoms with Gasteiger partial charge in [0, 0.05) is 61.9 Å². The maximum Gasteiger partial charge on any atom is 0.319 e. The van der Waals surface area contributed by atoms with Gasteiger partial charge in [-0.3, -0.25) is 18.8 Å². The highest BCUT2D eigenvalue weighted by atomic mass is 16.2. The van der Waals surface area contributed by atoms with Crippen LogP contribution in [0.5, 0.6) is 0 Å². The van der Waals surface area contributed by atoms with Gasteiger partial charge in [-0.05, 0) is 67.8 Å². The van der Waals surface area contributed by atoms with E-state index in [0.717, 1.165) is 35.4 Å². The second-order valence-corrected chi connectivity index (χ2v) is 11.4. The molecule has 2 aromatic heterocycles. The number of hydrogen-bond donors (Lipinski definition) is 3. The van der Waals surface area contributed by atoms with Crippen LogP contribution in [0.3, 0.4) is 0 Å². The van der Waals surface area contributed by atoms with Gasteiger partial charge in [0.1, 0.15) is 23.3 Å². The van der Waals surface area contributed by atoms with Gasteiger partial charge in [-0.15, -0.1) is 0 Å². The molecule has 2 aliphatic heterocycles. The van der Waals surface area contributed by atoms with E-state index in [4.69, 9.17) is 5.73 Å². The number of carbonyl (C=O) groups is 2. The summed E-state index contributed by atoms with van der Waals surface area (Å²) in [7, 11) is 3.55. The van der Waals surface area contributed by atoms with Crippen molar-refractivity contribution in [3.05, 3.63) is 106 Å². The molecular formula is C33H36N8O3. The fraction of sp³-hybridized carbons (Fsp3) is 0.273. The average molecular weight is 593 g/mol. The maximum absolute atomic E-state index is 13.1. The lowest BCUT2D eigenvalue weighted by molar-refractivity contribution is 0.102. The van der Waals surface area contributed by atoms with Crippen molar-refractivity contribution in [2.75, 3.05) is 37.9 Å². The number of carbonyl (C=O) groups excluding carboxylic acids is 2. The molecule has 0 spiro atoms. The summed E-state index contributed by atoms with van der Waals surface area (Å²) in [5.74, 6) is 0.211. The minimum absolute atomic E-state index is 0.0331. The topological polar surface area (TPSA) is 130 Å². The Balaban J connectivity index is 1.24. The first-order valence-electron chi connectivity index (χ1n) is 14.7. The number of amidine groups is 1. The summed E-state index contributed by atoms with van der Waals surface area (Å²) in [6.45, 7) is 3.32. The molecule has 1 saturated heterocycles. The fourth-order valence-corrected chi connectivity index (χ4v) is 5.97. The van der Waals surface area contributed by atoms with Gasteiger partial charge in [-0.25, -0.2) is 9.79 Å². The van der Waals surface area contributed by atoms with Crippen LogP contribution in [-0.2, 0) is 0 Å². The number of nitrogens with two attached hydrogens (primary N) is 1. The average Bonchev–Trinajstić information content (AvgIpc) is 3.41. The molecule has 11 nitrogen and oxygen atoms in total. The SMILES string of the molecule is CC1N=C(N)c2c(-c3ccc(NC(=O)c4cccn(-c5ccccc5)c4=O)cc3)cc(C3CCN(C(=O)N(C)C)CC3)n2N1. The Morgan fingerprint density at radius 1 is 1.00 bits per heavy atom. The number of para-hydroxylation sites is 1. The van der Waals surface area contributed by atoms with Crippen molar-refractivity contribution >= 4 is 23.5 Å². The van der Waals surface area contributed by atoms with Crippen LogP contribution >= 0.6 is 0 Å². The lowest BCUT2D eigenvalue weighted by Crippen LogP contribution is -2.44. The second-order valence-electron chi connectivity index (χ2n) is 11.4. The Morgan fingerprint density at radius 3 is 2.39 bits per heavy atom. The van der Waals surface area contributed by atoms with Crippen LogP contribution in [0.4, 0.5) is 10.5 Å². The fourth-order valence-electron chi connectivity index (χ4n) is 5.97. The van der Waals surface area contributed by atoms with E-state index in [9.17, 15) is 14.4 Å². The first kappa shape index (κ1) is 28.8. The van der Waals surface area contributed by atoms with Crippen LogP contribution in [0.15, 0.2) is 88.8 Å². The number of pyridine rings is 1. The molecule has 0 radical (unpaired) electrons. The summed E-state index contributed by atoms with van der Waals surface area (Å²) in [5.41, 5.74) is 14.6. The molecule has 0 bridgehead atoms. The molecule has 44 heavy (non-hydrogen) atoms. The predicted molar refractivity (Wildman–Crippen MR) is 172 cm³/mol. The predicted octanol–water partition coefficient (Wildman–Crippen LogP) is 4.03. The van der Waals surface area contributed by atoms with E-state index in [1.807, 2.05) is 66.4 Å². The number of urea groups is 1. The van der Waals surface area contributed by atoms with E-state index in [0.29, 0.717) is 30.3 Å². The van der Waals surface area contributed by atoms with Gasteiger partial charge in [0.2, 0.25) is 0 Å². The minimum atomic E-state index is -0.481. The lowest BCUT2D eigenvalue weighted by Gasteiger charge is -2.34. The third kappa shape index (κ3) is 5.44. The second kappa shape index (κ2) is 11.8. The number of amides is 3. The van der Waals surface area contributed by atoms with Crippen molar-refractivity contribution in [3.63, 3.8) is 0 Å². The molecule has 0 aliphatic carbocycles. The Kier molecular flexibility index (Phi) is 7.69. The first-order valence-corrected chi connectivity index (χ1v) is 14.7. The zero-order valence-corrected chi connectivity index (χ0v) is 25.0. The molecule has 1 unspecified atom stereocenters. The Labute approximate surface area is 255 Å². The number of aliphatic imine (C=N–C) groups is 1. The molecule has 3 amide bonds. The van der Waals surface area contributed by atoms with Crippen molar-refractivity contribution in [2.24, 2.45) is 10.7 Å². The third-order valence-electron chi connectivity index (χ3n) is 8.17. The lowest BCUT2D eigenvalue weighted by atomic mass is 9.93. The number of hydrogen-bond acceptors (Lipinski definition) is 6. The van der Waals surface area contributed by atoms with E-state index in [1.165, 1.54) is 10.6 Å². The van der Waals surface area contributed by atoms with Crippen molar-refractivity contribution < 1.29 is 9.59 Å². The smallest absolute Gasteiger partial charge is 0.319 e. The number of nitrogens with zero attached hydrogens (tertiary/aromatic N) is 5. The monoisotopic (exact) mass is 592 g/mol. The maximum atomic E-state index is 13.1. The van der Waals surface area contributed by atoms with E-state index in [-0.39, 0.29) is 23.7 Å². The highest BCUT2D eigenvalue weighted by Crippen LogP contribution is 2.36. The molecule has 4 aromatic rings. The number of aromatic nitrogens is 2. The molecule has 1 atom stereocenters. The first-order chi connectivity index (χ1) is 21.2. The number of benzene rings is 2. The summed E-state index contributed by atoms with van der Waals surface area (Å²) >= 11 is 0. The van der Waals surface area contributed by atoms with Gasteiger partial charge in [0.15, 0.2) is 0 Å². The van der Waals surface area contributed by atoms with E-state index in [1.54, 1.807) is 31.3 Å². The number of likely N-dealkylation sites (tertiary alicyclic amines) is 1. The molecule has 0 saturated carbocycles. The van der Waals surface area contributed by atoms with Crippen LogP contribution < -0.4 is 22.0 Å². The van der Waals surface area contributed by atoms with Gasteiger partial charge < -0.3 is 26.3 Å². The number of fused-ring (bicyclic) bond motifs is 1. The van der Waals surface area contributed by atoms with Crippen molar-refractivity contribution in [2.45, 2.75) is 31.8 Å². The van der Waals surface area contributed by atoms with Crippen molar-refractivity contribution in [1.82, 2.24) is 19.0 Å². The van der Waals surface area contributed by atoms with Gasteiger partial charge in [0.05, 0.1) is 0 Å². The van der Waals surface area contributed by atoms with E-state index < -0.39 is 11.5 Å². The number of rotatable bonds is 5. The normalized spacial score (nSPS) is 16.5. The van der Waals surface area contributed by atoms with Gasteiger partial charge in [-0.1, -0.05) is 30.3 Å². The molecule has 1 fully saturated rings. The zero-order valence-electron chi connectivity index (χ0n) is 25.0. The molecule has 2 aromatic carbocycles. The molecule has 2 aliphatic rings. The summed E-state index contributed by atoms with van der Waals surface area (Å²) in [6, 6.07) is 22.1. The van der Waals surface area contributed by atoms with Crippen LogP contribution in [0.2, 0.25) is 0 Å². The molecule has 11 heteroatoms. The number of anilines is 1. The summed E-state index contributed by atoms with van der Waals surface area (Å²) in [6.07, 6.45) is 3.14. The van der Waals surface area contributed by atoms with Crippen molar-refractivity contribution in [3.8, 4) is 16.8 Å². The zero-order chi connectivity index (χ0) is 31.0. The number of nitrogens with one attached hydrogen (secondary N) is 2. The minimum Gasteiger partial charge on any atom is -0.382 e. The Bertz CT molecular complexity index is 1780. The van der Waals surface area contributed by atoms with Gasteiger partial charge in [-0.2, -0.15) is 0 Å². The standard InChI is InChI=1S/C33H36N8O3/c1-21-35-30(34)29-27(20-28(41(29)37-21)23-15-18-39(19-16-23)33(44)38(2)3)22-11-13-24(14-12-22)36-31(42)26-10-7-17-40(32(26)43)25-8-5-4-6-9-25/h4-14,17,20-21,23,37H,15-16,18-19H2,1-3H3,(H2,34,35)(H,36,42). The Morgan fingerprint density at radius 2 is 1.70 bits per heavy atom. The molecular weight excluding hydrogens is 556 g/mol. The van der Waals surface area contributed by atoms with Crippen LogP contribution in [0.25, 0.3) is 16.8 Å². The summed E-state index contributed by atoms with van der Waals surface area (Å²) < 4.78 is 3.51. The molecule has 4 N–H and O–H groups in total. The highest BCUT2D eigenvalue weighted by molar-refractivity contribution is 6.05. The largest absolute Gasteiger partial charge is 0.382 e. The van der Waals surface area contributed by atoms with E-state index >= 15 is 0 Å². The van der Waals surface area contributed by atoms with Gasteiger partial charge in [0.25, 0.3) is 11.5 Å². The van der Waals surface area contributed by atoms with Gasteiger partial charge >= 0.3 is 6.03 Å². The van der Waals surface area contributed by atoms with Crippen LogP contribution in [0.1, 0.15) is 47.4 Å². The molecule has 4 heterocycles. The molecule has 226 valence electrons. The summed E-state index contributed by atoms with van der Waals surface area (Å²) in [4.78, 5) is 46.8. The van der Waals surface area contributed by atoms with Crippen LogP contribution in [-0.4, -0.2) is 70.2 Å². The van der Waals surface area contributed by atoms with E-state index in [2.05, 4.69) is 26.5 Å². The quantitative estimate of drug-likeness (QED) is 0.322. The van der Waals surface area contributed by atoms with Crippen LogP contribution in [0, 0.1) is 0 Å². The Hall–Kier alpha value is -5.32. The number of piperidine rings is 1. The third-order valence-corrected chi connectivity index (χ3v) is 8.17. The summed E-state index contributed by atoms with van der Waals surface area (Å²) in [5, 5.41) is 2.86.